The maximum Gasteiger partial charge on any atom is 0.187 e. The first kappa shape index (κ1) is 49.0. The van der Waals surface area contributed by atoms with E-state index in [0.717, 1.165) is 12.0 Å². The molecule has 61 heavy (non-hydrogen) atoms. The molecule has 22 nitrogen and oxygen atoms in total. The molecule has 23 atom stereocenters. The van der Waals surface area contributed by atoms with Gasteiger partial charge in [0, 0.05) is 0 Å². The largest absolute Gasteiger partial charge is 0.394 e. The Morgan fingerprint density at radius 2 is 1.08 bits per heavy atom. The second-order valence-electron chi connectivity index (χ2n) is 17.4. The van der Waals surface area contributed by atoms with Gasteiger partial charge in [-0.2, -0.15) is 0 Å². The summed E-state index contributed by atoms with van der Waals surface area (Å²) in [6.07, 6.45) is -27.1. The predicted molar refractivity (Wildman–Crippen MR) is 200 cm³/mol. The topological polar surface area (TPSA) is 357 Å². The van der Waals surface area contributed by atoms with E-state index >= 15 is 0 Å². The van der Waals surface area contributed by atoms with Gasteiger partial charge in [0.2, 0.25) is 0 Å². The monoisotopic (exact) mass is 884 g/mol. The summed E-state index contributed by atoms with van der Waals surface area (Å²) >= 11 is 0. The smallest absolute Gasteiger partial charge is 0.187 e. The maximum absolute atomic E-state index is 10.9. The number of aliphatic hydroxyl groups is 14. The van der Waals surface area contributed by atoms with Crippen LogP contribution in [0.3, 0.4) is 0 Å². The van der Waals surface area contributed by atoms with Crippen LogP contribution >= 0.6 is 0 Å². The van der Waals surface area contributed by atoms with Crippen molar-refractivity contribution in [2.24, 2.45) is 11.3 Å². The van der Waals surface area contributed by atoms with Crippen molar-refractivity contribution in [3.8, 4) is 0 Å². The number of ether oxygens (including phenoxy) is 8. The van der Waals surface area contributed by atoms with Crippen molar-refractivity contribution in [1.82, 2.24) is 0 Å². The lowest BCUT2D eigenvalue weighted by atomic mass is 9.60. The van der Waals surface area contributed by atoms with Gasteiger partial charge in [-0.15, -0.1) is 0 Å². The summed E-state index contributed by atoms with van der Waals surface area (Å²) in [4.78, 5) is 0. The highest BCUT2D eigenvalue weighted by Crippen LogP contribution is 2.53. The standard InChI is InChI=1S/C39H64O22/c1-14-6-17(55-36-30(53)26(49)34(61-36)22(12-43)57-38-29(52)24(47)32(59-38)20(45)10-41)8-39(3)5-4-16(7-18(14)39)15(2)13-54-35-27(50)25(48)33(60-35)21(11-42)56-37-28(51)23(46)31(58-37)19(44)9-40/h16-17,19-38,40-53H,2,4-13H2,1,3H3/t16-,17+,19+,20+,21+,22+,23-,24-,25-,26+,27-,28-,29+,30+,31+,32-,33-,34-,35+,36-,37-,38-,39+/m0/s1. The molecule has 0 bridgehead atoms. The fraction of sp³-hybridized carbons (Fsp3) is 0.897. The molecule has 352 valence electrons. The molecule has 14 N–H and O–H groups in total. The van der Waals surface area contributed by atoms with Crippen molar-refractivity contribution in [1.29, 1.82) is 0 Å². The summed E-state index contributed by atoms with van der Waals surface area (Å²) < 4.78 is 45.7. The number of allylic oxidation sites excluding steroid dienone is 1. The van der Waals surface area contributed by atoms with E-state index in [0.29, 0.717) is 31.3 Å². The molecule has 0 unspecified atom stereocenters. The van der Waals surface area contributed by atoms with E-state index in [2.05, 4.69) is 13.5 Å². The molecule has 6 rings (SSSR count). The van der Waals surface area contributed by atoms with Gasteiger partial charge >= 0.3 is 0 Å². The lowest BCUT2D eigenvalue weighted by Gasteiger charge is -2.47. The summed E-state index contributed by atoms with van der Waals surface area (Å²) in [5.74, 6) is -0.0186. The van der Waals surface area contributed by atoms with E-state index in [4.69, 9.17) is 37.9 Å². The van der Waals surface area contributed by atoms with Gasteiger partial charge in [-0.3, -0.25) is 0 Å². The third-order valence-electron chi connectivity index (χ3n) is 13.2. The Morgan fingerprint density at radius 3 is 1.57 bits per heavy atom. The zero-order valence-corrected chi connectivity index (χ0v) is 34.0. The normalized spacial score (nSPS) is 46.2. The molecule has 0 radical (unpaired) electrons. The third-order valence-corrected chi connectivity index (χ3v) is 13.2. The molecule has 22 heteroatoms. The van der Waals surface area contributed by atoms with E-state index in [-0.39, 0.29) is 17.9 Å². The van der Waals surface area contributed by atoms with Crippen LogP contribution in [0.25, 0.3) is 0 Å². The predicted octanol–water partition coefficient (Wildman–Crippen LogP) is -5.89. The van der Waals surface area contributed by atoms with Crippen molar-refractivity contribution in [3.05, 3.63) is 23.3 Å². The highest BCUT2D eigenvalue weighted by Gasteiger charge is 2.54. The summed E-state index contributed by atoms with van der Waals surface area (Å²) in [6.45, 7) is 5.29. The molecule has 4 saturated heterocycles. The van der Waals surface area contributed by atoms with Crippen LogP contribution in [0.2, 0.25) is 0 Å². The molecule has 1 saturated carbocycles. The lowest BCUT2D eigenvalue weighted by Crippen LogP contribution is -2.46. The SMILES string of the molecule is C=C(CO[C@@H]1O[C@@H]([C@@H](CO)O[C@H]2O[C@H]([C@H](O)CO)[C@@H](O)[C@@H]2O)[C@@H](O)[C@@H]1O)[C@H]1CC[C@]2(C)C[C@H](O[C@H]3O[C@@H]([C@@H](CO)O[C@H]4O[C@@H]([C@H](O)CO)[C@@H](O)[C@H]4O)[C@H](O)[C@H]3O)CC(C)=C2C1. The second kappa shape index (κ2) is 20.4. The highest BCUT2D eigenvalue weighted by atomic mass is 16.8. The van der Waals surface area contributed by atoms with Crippen LogP contribution in [0, 0.1) is 11.3 Å². The van der Waals surface area contributed by atoms with Crippen LogP contribution < -0.4 is 0 Å². The fourth-order valence-electron chi connectivity index (χ4n) is 9.55. The summed E-state index contributed by atoms with van der Waals surface area (Å²) in [5.41, 5.74) is 2.67. The van der Waals surface area contributed by atoms with Gasteiger partial charge in [-0.25, -0.2) is 0 Å². The maximum atomic E-state index is 10.9. The Morgan fingerprint density at radius 1 is 0.639 bits per heavy atom. The minimum Gasteiger partial charge on any atom is -0.394 e. The summed E-state index contributed by atoms with van der Waals surface area (Å²) in [6, 6.07) is 0. The minimum atomic E-state index is -1.67. The molecular weight excluding hydrogens is 820 g/mol. The zero-order chi connectivity index (χ0) is 44.7. The number of hydrogen-bond acceptors (Lipinski definition) is 22. The fourth-order valence-corrected chi connectivity index (χ4v) is 9.55. The first-order chi connectivity index (χ1) is 28.9. The first-order valence-electron chi connectivity index (χ1n) is 20.7. The van der Waals surface area contributed by atoms with Crippen LogP contribution in [0.4, 0.5) is 0 Å². The van der Waals surface area contributed by atoms with Gasteiger partial charge in [0.1, 0.15) is 97.7 Å². The van der Waals surface area contributed by atoms with Crippen LogP contribution in [0.1, 0.15) is 46.0 Å². The highest BCUT2D eigenvalue weighted by molar-refractivity contribution is 5.29. The molecule has 0 aromatic rings. The van der Waals surface area contributed by atoms with Crippen molar-refractivity contribution < 1.29 is 109 Å². The molecule has 5 fully saturated rings. The van der Waals surface area contributed by atoms with Crippen molar-refractivity contribution >= 4 is 0 Å². The van der Waals surface area contributed by atoms with Gasteiger partial charge in [0.05, 0.1) is 39.1 Å². The number of hydrogen-bond donors (Lipinski definition) is 14. The Kier molecular flexibility index (Phi) is 16.4. The molecule has 4 heterocycles. The van der Waals surface area contributed by atoms with Gasteiger partial charge < -0.3 is 109 Å². The Balaban J connectivity index is 1.000. The number of rotatable bonds is 18. The van der Waals surface area contributed by atoms with Gasteiger partial charge in [0.25, 0.3) is 0 Å². The Hall–Kier alpha value is -1.40. The van der Waals surface area contributed by atoms with Crippen LogP contribution in [0.5, 0.6) is 0 Å². The molecule has 0 aromatic carbocycles. The van der Waals surface area contributed by atoms with Crippen LogP contribution in [-0.2, 0) is 37.9 Å². The van der Waals surface area contributed by atoms with Gasteiger partial charge in [-0.05, 0) is 55.9 Å². The second-order valence-corrected chi connectivity index (χ2v) is 17.4. The quantitative estimate of drug-likeness (QED) is 0.0570. The van der Waals surface area contributed by atoms with Crippen molar-refractivity contribution in [2.75, 3.05) is 33.0 Å². The zero-order valence-electron chi connectivity index (χ0n) is 34.0. The van der Waals surface area contributed by atoms with Crippen LogP contribution in [-0.4, -0.2) is 233 Å². The molecule has 4 aliphatic heterocycles. The average molecular weight is 885 g/mol. The Labute approximate surface area is 351 Å². The van der Waals surface area contributed by atoms with Crippen molar-refractivity contribution in [2.45, 2.75) is 175 Å². The number of fused-ring (bicyclic) bond motifs is 1. The van der Waals surface area contributed by atoms with Crippen molar-refractivity contribution in [3.63, 3.8) is 0 Å². The van der Waals surface area contributed by atoms with E-state index in [9.17, 15) is 71.5 Å². The summed E-state index contributed by atoms with van der Waals surface area (Å²) in [7, 11) is 0. The minimum absolute atomic E-state index is 0.0186. The molecule has 6 aliphatic rings. The molecule has 0 aromatic heterocycles. The van der Waals surface area contributed by atoms with E-state index in [1.165, 1.54) is 5.57 Å². The lowest BCUT2D eigenvalue weighted by molar-refractivity contribution is -0.249. The van der Waals surface area contributed by atoms with E-state index < -0.39 is 155 Å². The van der Waals surface area contributed by atoms with E-state index in [1.54, 1.807) is 0 Å². The molecule has 0 amide bonds. The molecule has 2 aliphatic carbocycles. The van der Waals surface area contributed by atoms with Crippen LogP contribution in [0.15, 0.2) is 23.3 Å². The number of aliphatic hydroxyl groups excluding tert-OH is 14. The summed E-state index contributed by atoms with van der Waals surface area (Å²) in [5, 5.41) is 143. The van der Waals surface area contributed by atoms with E-state index in [1.807, 2.05) is 6.92 Å². The van der Waals surface area contributed by atoms with Gasteiger partial charge in [-0.1, -0.05) is 24.6 Å². The van der Waals surface area contributed by atoms with Gasteiger partial charge in [0.15, 0.2) is 25.2 Å². The average Bonchev–Trinajstić information content (AvgIpc) is 3.89. The first-order valence-corrected chi connectivity index (χ1v) is 20.7. The molecular formula is C39H64O22. The third kappa shape index (κ3) is 10.1. The molecule has 0 spiro atoms. The Bertz CT molecular complexity index is 1490.